The molecule has 1 aliphatic rings. The van der Waals surface area contributed by atoms with E-state index in [-0.39, 0.29) is 11.9 Å². The van der Waals surface area contributed by atoms with Gasteiger partial charge in [0, 0.05) is 26.2 Å². The van der Waals surface area contributed by atoms with Gasteiger partial charge < -0.3 is 14.2 Å². The molecule has 1 saturated heterocycles. The largest absolute Gasteiger partial charge is 0.489 e. The first kappa shape index (κ1) is 24.8. The van der Waals surface area contributed by atoms with Crippen LogP contribution in [0.3, 0.4) is 0 Å². The molecule has 0 atom stereocenters. The highest BCUT2D eigenvalue weighted by Crippen LogP contribution is 2.29. The van der Waals surface area contributed by atoms with E-state index in [1.54, 1.807) is 0 Å². The number of rotatable bonds is 8. The van der Waals surface area contributed by atoms with Gasteiger partial charge in [0.25, 0.3) is 0 Å². The number of aryl methyl sites for hydroxylation is 2. The molecule has 6 heteroatoms. The summed E-state index contributed by atoms with van der Waals surface area (Å²) in [5.74, 6) is 1.70. The number of carbonyl (C=O) groups excluding carboxylic acids is 1. The van der Waals surface area contributed by atoms with Gasteiger partial charge >= 0.3 is 0 Å². The van der Waals surface area contributed by atoms with E-state index < -0.39 is 0 Å². The third-order valence-electron chi connectivity index (χ3n) is 7.11. The van der Waals surface area contributed by atoms with Crippen molar-refractivity contribution in [2.75, 3.05) is 26.2 Å². The van der Waals surface area contributed by atoms with Gasteiger partial charge in [-0.1, -0.05) is 78.0 Å². The lowest BCUT2D eigenvalue weighted by Crippen LogP contribution is -2.50. The van der Waals surface area contributed by atoms with Gasteiger partial charge in [-0.25, -0.2) is 0 Å². The molecule has 1 amide bonds. The number of aromatic nitrogens is 1. The number of hydrogen-bond donors (Lipinski definition) is 0. The second-order valence-electron chi connectivity index (χ2n) is 9.55. The van der Waals surface area contributed by atoms with Gasteiger partial charge in [-0.2, -0.15) is 0 Å². The van der Waals surface area contributed by atoms with Crippen LogP contribution >= 0.6 is 0 Å². The van der Waals surface area contributed by atoms with Gasteiger partial charge in [-0.05, 0) is 42.7 Å². The Morgan fingerprint density at radius 2 is 1.46 bits per heavy atom. The molecule has 0 unspecified atom stereocenters. The highest BCUT2D eigenvalue weighted by molar-refractivity contribution is 5.79. The second-order valence-corrected chi connectivity index (χ2v) is 9.55. The van der Waals surface area contributed by atoms with Crippen LogP contribution in [0.2, 0.25) is 0 Å². The summed E-state index contributed by atoms with van der Waals surface area (Å²) in [6, 6.07) is 29.2. The molecule has 1 aliphatic heterocycles. The molecule has 0 bridgehead atoms. The van der Waals surface area contributed by atoms with Crippen LogP contribution in [-0.4, -0.2) is 47.0 Å². The Labute approximate surface area is 218 Å². The van der Waals surface area contributed by atoms with Crippen molar-refractivity contribution >= 4 is 5.91 Å². The lowest BCUT2D eigenvalue weighted by atomic mass is 9.96. The van der Waals surface area contributed by atoms with Crippen LogP contribution < -0.4 is 4.74 Å². The standard InChI is InChI=1S/C31H33N3O3/c1-23-29(24(2)37-32-23)22-36-28-15-13-25(14-16-28)21-30(35)33-17-19-34(20-18-33)31(26-9-5-3-6-10-26)27-11-7-4-8-12-27/h3-16,31H,17-22H2,1-2H3. The predicted molar refractivity (Wildman–Crippen MR) is 143 cm³/mol. The minimum Gasteiger partial charge on any atom is -0.489 e. The van der Waals surface area contributed by atoms with E-state index >= 15 is 0 Å². The summed E-state index contributed by atoms with van der Waals surface area (Å²) in [7, 11) is 0. The van der Waals surface area contributed by atoms with Crippen molar-refractivity contribution in [3.63, 3.8) is 0 Å². The quantitative estimate of drug-likeness (QED) is 0.330. The van der Waals surface area contributed by atoms with Gasteiger partial charge in [-0.3, -0.25) is 9.69 Å². The molecule has 2 heterocycles. The average molecular weight is 496 g/mol. The van der Waals surface area contributed by atoms with Gasteiger partial charge in [-0.15, -0.1) is 0 Å². The van der Waals surface area contributed by atoms with Crippen LogP contribution in [0.5, 0.6) is 5.75 Å². The zero-order valence-corrected chi connectivity index (χ0v) is 21.5. The number of amides is 1. The summed E-state index contributed by atoms with van der Waals surface area (Å²) in [6.07, 6.45) is 0.394. The molecular weight excluding hydrogens is 462 g/mol. The molecule has 4 aromatic rings. The summed E-state index contributed by atoms with van der Waals surface area (Å²) in [5.41, 5.74) is 5.37. The van der Waals surface area contributed by atoms with Gasteiger partial charge in [0.05, 0.1) is 23.7 Å². The van der Waals surface area contributed by atoms with E-state index in [0.29, 0.717) is 13.0 Å². The molecule has 0 radical (unpaired) electrons. The number of ether oxygens (including phenoxy) is 1. The lowest BCUT2D eigenvalue weighted by molar-refractivity contribution is -0.132. The Kier molecular flexibility index (Phi) is 7.66. The fourth-order valence-corrected chi connectivity index (χ4v) is 4.97. The highest BCUT2D eigenvalue weighted by Gasteiger charge is 2.28. The zero-order chi connectivity index (χ0) is 25.6. The van der Waals surface area contributed by atoms with Crippen molar-refractivity contribution in [1.29, 1.82) is 0 Å². The van der Waals surface area contributed by atoms with E-state index in [4.69, 9.17) is 9.26 Å². The van der Waals surface area contributed by atoms with Gasteiger partial charge in [0.1, 0.15) is 18.1 Å². The fourth-order valence-electron chi connectivity index (χ4n) is 4.97. The molecule has 190 valence electrons. The lowest BCUT2D eigenvalue weighted by Gasteiger charge is -2.40. The third-order valence-corrected chi connectivity index (χ3v) is 7.11. The Balaban J connectivity index is 1.16. The third kappa shape index (κ3) is 5.92. The predicted octanol–water partition coefficient (Wildman–Crippen LogP) is 5.35. The van der Waals surface area contributed by atoms with Crippen molar-refractivity contribution in [3.8, 4) is 5.75 Å². The van der Waals surface area contributed by atoms with Gasteiger partial charge in [0.2, 0.25) is 5.91 Å². The summed E-state index contributed by atoms with van der Waals surface area (Å²) in [5, 5.41) is 3.96. The van der Waals surface area contributed by atoms with Crippen LogP contribution in [0.4, 0.5) is 0 Å². The molecule has 0 N–H and O–H groups in total. The molecule has 1 fully saturated rings. The monoisotopic (exact) mass is 495 g/mol. The Morgan fingerprint density at radius 1 is 0.865 bits per heavy atom. The minimum absolute atomic E-state index is 0.167. The number of piperazine rings is 1. The first-order valence-electron chi connectivity index (χ1n) is 12.8. The molecule has 37 heavy (non-hydrogen) atoms. The van der Waals surface area contributed by atoms with E-state index in [9.17, 15) is 4.79 Å². The summed E-state index contributed by atoms with van der Waals surface area (Å²) < 4.78 is 11.1. The van der Waals surface area contributed by atoms with E-state index in [1.807, 2.05) is 43.0 Å². The van der Waals surface area contributed by atoms with Crippen LogP contribution in [0.1, 0.15) is 39.7 Å². The topological polar surface area (TPSA) is 58.8 Å². The summed E-state index contributed by atoms with van der Waals surface area (Å²) in [4.78, 5) is 17.6. The van der Waals surface area contributed by atoms with Crippen LogP contribution in [-0.2, 0) is 17.8 Å². The highest BCUT2D eigenvalue weighted by atomic mass is 16.5. The number of carbonyl (C=O) groups is 1. The number of benzene rings is 3. The van der Waals surface area contributed by atoms with E-state index in [1.165, 1.54) is 11.1 Å². The number of hydrogen-bond acceptors (Lipinski definition) is 5. The molecule has 3 aromatic carbocycles. The van der Waals surface area contributed by atoms with Crippen LogP contribution in [0, 0.1) is 13.8 Å². The maximum absolute atomic E-state index is 13.1. The van der Waals surface area contributed by atoms with Crippen molar-refractivity contribution < 1.29 is 14.1 Å². The molecular formula is C31H33N3O3. The average Bonchev–Trinajstić information content (AvgIpc) is 3.26. The zero-order valence-electron chi connectivity index (χ0n) is 21.5. The van der Waals surface area contributed by atoms with Crippen molar-refractivity contribution in [2.45, 2.75) is 32.9 Å². The van der Waals surface area contributed by atoms with E-state index in [0.717, 1.165) is 54.5 Å². The Morgan fingerprint density at radius 3 is 2.00 bits per heavy atom. The molecule has 0 spiro atoms. The molecule has 5 rings (SSSR count). The molecule has 0 saturated carbocycles. The molecule has 6 nitrogen and oxygen atoms in total. The first-order chi connectivity index (χ1) is 18.1. The van der Waals surface area contributed by atoms with E-state index in [2.05, 4.69) is 70.7 Å². The summed E-state index contributed by atoms with van der Waals surface area (Å²) >= 11 is 0. The maximum atomic E-state index is 13.1. The molecule has 0 aliphatic carbocycles. The fraction of sp³-hybridized carbons (Fsp3) is 0.290. The maximum Gasteiger partial charge on any atom is 0.227 e. The molecule has 1 aromatic heterocycles. The SMILES string of the molecule is Cc1noc(C)c1COc1ccc(CC(=O)N2CCN(C(c3ccccc3)c3ccccc3)CC2)cc1. The van der Waals surface area contributed by atoms with Crippen LogP contribution in [0.25, 0.3) is 0 Å². The minimum atomic E-state index is 0.167. The summed E-state index contributed by atoms with van der Waals surface area (Å²) in [6.45, 7) is 7.35. The normalized spacial score (nSPS) is 14.2. The Hall–Kier alpha value is -3.90. The smallest absolute Gasteiger partial charge is 0.227 e. The first-order valence-corrected chi connectivity index (χ1v) is 12.8. The van der Waals surface area contributed by atoms with Crippen molar-refractivity contribution in [3.05, 3.63) is 119 Å². The number of nitrogens with zero attached hydrogens (tertiary/aromatic N) is 3. The Bertz CT molecular complexity index is 1240. The van der Waals surface area contributed by atoms with Crippen molar-refractivity contribution in [2.24, 2.45) is 0 Å². The second kappa shape index (κ2) is 11.4. The van der Waals surface area contributed by atoms with Gasteiger partial charge in [0.15, 0.2) is 0 Å². The van der Waals surface area contributed by atoms with Crippen LogP contribution in [0.15, 0.2) is 89.5 Å². The van der Waals surface area contributed by atoms with Crippen molar-refractivity contribution in [1.82, 2.24) is 15.0 Å².